The van der Waals surface area contributed by atoms with E-state index in [1.54, 1.807) is 0 Å². The minimum Gasteiger partial charge on any atom is -0.371 e. The molecule has 0 saturated carbocycles. The van der Waals surface area contributed by atoms with Crippen molar-refractivity contribution in [1.29, 1.82) is 0 Å². The van der Waals surface area contributed by atoms with E-state index in [9.17, 15) is 21.6 Å². The van der Waals surface area contributed by atoms with E-state index in [4.69, 9.17) is 4.74 Å². The second kappa shape index (κ2) is 6.74. The highest BCUT2D eigenvalue weighted by Crippen LogP contribution is 2.31. The molecule has 9 heteroatoms. The highest BCUT2D eigenvalue weighted by Gasteiger charge is 2.33. The molecule has 1 aliphatic rings. The van der Waals surface area contributed by atoms with Crippen LogP contribution in [0.1, 0.15) is 17.2 Å². The Morgan fingerprint density at radius 2 is 1.88 bits per heavy atom. The first-order valence-electron chi connectivity index (χ1n) is 7.47. The fourth-order valence-electron chi connectivity index (χ4n) is 2.58. The fraction of sp³-hybridized carbons (Fsp3) is 0.312. The van der Waals surface area contributed by atoms with E-state index in [2.05, 4.69) is 4.98 Å². The van der Waals surface area contributed by atoms with Crippen LogP contribution in [0.5, 0.6) is 0 Å². The van der Waals surface area contributed by atoms with Crippen molar-refractivity contribution in [2.75, 3.05) is 19.7 Å². The largest absolute Gasteiger partial charge is 0.416 e. The third-order valence-electron chi connectivity index (χ3n) is 3.91. The zero-order valence-corrected chi connectivity index (χ0v) is 13.8. The van der Waals surface area contributed by atoms with E-state index in [1.807, 2.05) is 0 Å². The summed E-state index contributed by atoms with van der Waals surface area (Å²) in [6.45, 7) is 0.363. The van der Waals surface area contributed by atoms with E-state index >= 15 is 0 Å². The molecule has 1 aromatic heterocycles. The molecule has 1 aliphatic heterocycles. The molecule has 1 fully saturated rings. The van der Waals surface area contributed by atoms with Gasteiger partial charge in [-0.05, 0) is 29.8 Å². The zero-order valence-electron chi connectivity index (χ0n) is 13.0. The summed E-state index contributed by atoms with van der Waals surface area (Å²) < 4.78 is 70.0. The lowest BCUT2D eigenvalue weighted by molar-refractivity contribution is -0.137. The maximum Gasteiger partial charge on any atom is 0.416 e. The van der Waals surface area contributed by atoms with Crippen molar-refractivity contribution in [3.63, 3.8) is 0 Å². The first-order valence-corrected chi connectivity index (χ1v) is 8.91. The third kappa shape index (κ3) is 3.83. The molecule has 0 radical (unpaired) electrons. The molecule has 0 aliphatic carbocycles. The van der Waals surface area contributed by atoms with Gasteiger partial charge in [0.15, 0.2) is 0 Å². The number of hydrogen-bond acceptors (Lipinski definition) is 4. The Kier molecular flexibility index (Phi) is 4.81. The van der Waals surface area contributed by atoms with Gasteiger partial charge in [-0.25, -0.2) is 8.42 Å². The van der Waals surface area contributed by atoms with Crippen LogP contribution in [0.4, 0.5) is 13.2 Å². The summed E-state index contributed by atoms with van der Waals surface area (Å²) in [5.41, 5.74) is -0.258. The van der Waals surface area contributed by atoms with Crippen molar-refractivity contribution >= 4 is 10.0 Å². The smallest absolute Gasteiger partial charge is 0.371 e. The van der Waals surface area contributed by atoms with Gasteiger partial charge in [-0.15, -0.1) is 0 Å². The van der Waals surface area contributed by atoms with Gasteiger partial charge in [0.2, 0.25) is 10.0 Å². The van der Waals surface area contributed by atoms with Gasteiger partial charge in [-0.2, -0.15) is 17.5 Å². The molecule has 3 rings (SSSR count). The monoisotopic (exact) mass is 372 g/mol. The number of benzene rings is 1. The lowest BCUT2D eigenvalue weighted by atomic mass is 10.1. The van der Waals surface area contributed by atoms with Crippen LogP contribution in [0.2, 0.25) is 0 Å². The molecule has 0 N–H and O–H groups in total. The van der Waals surface area contributed by atoms with Crippen LogP contribution in [0.25, 0.3) is 0 Å². The van der Waals surface area contributed by atoms with Crippen LogP contribution in [-0.2, 0) is 20.9 Å². The zero-order chi connectivity index (χ0) is 18.1. The van der Waals surface area contributed by atoms with E-state index < -0.39 is 27.9 Å². The standard InChI is InChI=1S/C16H15F3N2O3S/c17-16(18,19)13-5-3-12(4-6-13)15-11-21(8-9-24-15)25(22,23)14-2-1-7-20-10-14/h1-7,10,15H,8-9,11H2/t15-/m0/s1. The third-order valence-corrected chi connectivity index (χ3v) is 5.76. The van der Waals surface area contributed by atoms with Crippen molar-refractivity contribution in [2.45, 2.75) is 17.2 Å². The number of sulfonamides is 1. The van der Waals surface area contributed by atoms with Crippen molar-refractivity contribution in [3.8, 4) is 0 Å². The molecule has 1 saturated heterocycles. The van der Waals surface area contributed by atoms with E-state index in [1.165, 1.54) is 41.0 Å². The molecule has 2 heterocycles. The van der Waals surface area contributed by atoms with E-state index in [-0.39, 0.29) is 24.6 Å². The molecular formula is C16H15F3N2O3S. The lowest BCUT2D eigenvalue weighted by Crippen LogP contribution is -2.42. The van der Waals surface area contributed by atoms with Gasteiger partial charge in [-0.1, -0.05) is 12.1 Å². The van der Waals surface area contributed by atoms with Crippen LogP contribution in [0.15, 0.2) is 53.7 Å². The summed E-state index contributed by atoms with van der Waals surface area (Å²) in [6, 6.07) is 7.54. The van der Waals surface area contributed by atoms with Gasteiger partial charge < -0.3 is 4.74 Å². The Morgan fingerprint density at radius 3 is 2.48 bits per heavy atom. The fourth-order valence-corrected chi connectivity index (χ4v) is 3.97. The number of aromatic nitrogens is 1. The number of pyridine rings is 1. The number of morpholine rings is 1. The van der Waals surface area contributed by atoms with Gasteiger partial charge in [0.25, 0.3) is 0 Å². The Labute approximate surface area is 143 Å². The van der Waals surface area contributed by atoms with Crippen molar-refractivity contribution in [2.24, 2.45) is 0 Å². The number of halogens is 3. The second-order valence-electron chi connectivity index (χ2n) is 5.53. The molecule has 134 valence electrons. The van der Waals surface area contributed by atoms with Crippen LogP contribution in [-0.4, -0.2) is 37.4 Å². The predicted molar refractivity (Wildman–Crippen MR) is 83.1 cm³/mol. The van der Waals surface area contributed by atoms with E-state index in [0.29, 0.717) is 5.56 Å². The van der Waals surface area contributed by atoms with Crippen LogP contribution in [0, 0.1) is 0 Å². The SMILES string of the molecule is O=S(=O)(c1cccnc1)N1CCO[C@H](c2ccc(C(F)(F)F)cc2)C1. The number of alkyl halides is 3. The Bertz CT molecular complexity index is 824. The van der Waals surface area contributed by atoms with E-state index in [0.717, 1.165) is 12.1 Å². The molecule has 2 aromatic rings. The van der Waals surface area contributed by atoms with Crippen LogP contribution >= 0.6 is 0 Å². The highest BCUT2D eigenvalue weighted by molar-refractivity contribution is 7.89. The van der Waals surface area contributed by atoms with Crippen molar-refractivity contribution in [3.05, 3.63) is 59.9 Å². The number of ether oxygens (including phenoxy) is 1. The molecule has 0 amide bonds. The Morgan fingerprint density at radius 1 is 1.16 bits per heavy atom. The van der Waals surface area contributed by atoms with Gasteiger partial charge in [-0.3, -0.25) is 4.98 Å². The molecule has 1 aromatic carbocycles. The topological polar surface area (TPSA) is 59.5 Å². The highest BCUT2D eigenvalue weighted by atomic mass is 32.2. The summed E-state index contributed by atoms with van der Waals surface area (Å²) in [5.74, 6) is 0. The second-order valence-corrected chi connectivity index (χ2v) is 7.47. The first-order chi connectivity index (χ1) is 11.8. The molecule has 0 spiro atoms. The Balaban J connectivity index is 1.80. The number of rotatable bonds is 3. The summed E-state index contributed by atoms with van der Waals surface area (Å²) in [4.78, 5) is 3.88. The molecule has 0 bridgehead atoms. The first kappa shape index (κ1) is 17.8. The molecule has 1 atom stereocenters. The summed E-state index contributed by atoms with van der Waals surface area (Å²) in [7, 11) is -3.72. The predicted octanol–water partition coefficient (Wildman–Crippen LogP) is 2.86. The minimum atomic E-state index is -4.42. The summed E-state index contributed by atoms with van der Waals surface area (Å²) in [6.07, 6.45) is -2.30. The van der Waals surface area contributed by atoms with Crippen LogP contribution in [0.3, 0.4) is 0 Å². The quantitative estimate of drug-likeness (QED) is 0.831. The normalized spacial score (nSPS) is 19.7. The van der Waals surface area contributed by atoms with Gasteiger partial charge >= 0.3 is 6.18 Å². The Hall–Kier alpha value is -1.97. The van der Waals surface area contributed by atoms with Gasteiger partial charge in [0, 0.05) is 25.5 Å². The van der Waals surface area contributed by atoms with Gasteiger partial charge in [0.05, 0.1) is 18.3 Å². The van der Waals surface area contributed by atoms with Crippen molar-refractivity contribution < 1.29 is 26.3 Å². The molecule has 0 unspecified atom stereocenters. The molecule has 5 nitrogen and oxygen atoms in total. The van der Waals surface area contributed by atoms with Crippen molar-refractivity contribution in [1.82, 2.24) is 9.29 Å². The number of hydrogen-bond donors (Lipinski definition) is 0. The average molecular weight is 372 g/mol. The summed E-state index contributed by atoms with van der Waals surface area (Å²) >= 11 is 0. The minimum absolute atomic E-state index is 0.0303. The molecular weight excluding hydrogens is 357 g/mol. The lowest BCUT2D eigenvalue weighted by Gasteiger charge is -2.32. The van der Waals surface area contributed by atoms with Crippen LogP contribution < -0.4 is 0 Å². The van der Waals surface area contributed by atoms with Gasteiger partial charge in [0.1, 0.15) is 4.90 Å². The number of nitrogens with zero attached hydrogens (tertiary/aromatic N) is 2. The average Bonchev–Trinajstić information content (AvgIpc) is 2.62. The maximum absolute atomic E-state index is 12.6. The maximum atomic E-state index is 12.6. The molecule has 25 heavy (non-hydrogen) atoms. The summed E-state index contributed by atoms with van der Waals surface area (Å²) in [5, 5.41) is 0.